The van der Waals surface area contributed by atoms with E-state index < -0.39 is 0 Å². The first-order chi connectivity index (χ1) is 7.04. The van der Waals surface area contributed by atoms with Crippen molar-refractivity contribution in [2.24, 2.45) is 11.5 Å². The van der Waals surface area contributed by atoms with Gasteiger partial charge in [0.1, 0.15) is 0 Å². The van der Waals surface area contributed by atoms with Gasteiger partial charge in [0.15, 0.2) is 11.6 Å². The Labute approximate surface area is 89.2 Å². The molecule has 0 aliphatic heterocycles. The van der Waals surface area contributed by atoms with Gasteiger partial charge in [-0.3, -0.25) is 0 Å². The summed E-state index contributed by atoms with van der Waals surface area (Å²) < 4.78 is 18.1. The van der Waals surface area contributed by atoms with Gasteiger partial charge in [0.2, 0.25) is 0 Å². The molecule has 0 heterocycles. The van der Waals surface area contributed by atoms with Crippen LogP contribution in [0.3, 0.4) is 0 Å². The van der Waals surface area contributed by atoms with Crippen LogP contribution in [0.15, 0.2) is 18.2 Å². The number of hydrogen-bond acceptors (Lipinski definition) is 3. The molecule has 0 saturated heterocycles. The van der Waals surface area contributed by atoms with Crippen molar-refractivity contribution in [3.8, 4) is 5.75 Å². The molecule has 0 saturated carbocycles. The summed E-state index contributed by atoms with van der Waals surface area (Å²) in [4.78, 5) is 0. The van der Waals surface area contributed by atoms with E-state index in [1.165, 1.54) is 13.2 Å². The van der Waals surface area contributed by atoms with Crippen molar-refractivity contribution in [2.75, 3.05) is 7.11 Å². The third-order valence-electron chi connectivity index (χ3n) is 2.36. The maximum atomic E-state index is 13.3. The molecule has 0 aliphatic carbocycles. The summed E-state index contributed by atoms with van der Waals surface area (Å²) >= 11 is 0. The molecule has 0 aliphatic rings. The van der Waals surface area contributed by atoms with Gasteiger partial charge < -0.3 is 16.2 Å². The molecule has 15 heavy (non-hydrogen) atoms. The molecule has 1 aromatic rings. The number of halogens is 1. The first kappa shape index (κ1) is 11.9. The Balaban J connectivity index is 2.75. The van der Waals surface area contributed by atoms with Crippen LogP contribution in [0.1, 0.15) is 12.5 Å². The summed E-state index contributed by atoms with van der Waals surface area (Å²) in [6, 6.07) is 4.57. The van der Waals surface area contributed by atoms with E-state index in [0.717, 1.165) is 5.56 Å². The second kappa shape index (κ2) is 5.09. The van der Waals surface area contributed by atoms with Gasteiger partial charge in [-0.05, 0) is 31.0 Å². The van der Waals surface area contributed by atoms with Crippen LogP contribution >= 0.6 is 0 Å². The molecule has 1 rings (SSSR count). The highest BCUT2D eigenvalue weighted by Gasteiger charge is 2.10. The van der Waals surface area contributed by atoms with Crippen LogP contribution in [-0.2, 0) is 6.42 Å². The Hall–Kier alpha value is -1.13. The molecule has 0 aromatic heterocycles. The van der Waals surface area contributed by atoms with E-state index >= 15 is 0 Å². The predicted molar refractivity (Wildman–Crippen MR) is 58.3 cm³/mol. The van der Waals surface area contributed by atoms with Gasteiger partial charge in [-0.15, -0.1) is 0 Å². The van der Waals surface area contributed by atoms with Gasteiger partial charge in [0.25, 0.3) is 0 Å². The van der Waals surface area contributed by atoms with Crippen LogP contribution < -0.4 is 16.2 Å². The molecule has 4 N–H and O–H groups in total. The van der Waals surface area contributed by atoms with Crippen molar-refractivity contribution in [3.05, 3.63) is 29.6 Å². The molecular formula is C11H17FN2O. The molecule has 0 spiro atoms. The fraction of sp³-hybridized carbons (Fsp3) is 0.455. The maximum Gasteiger partial charge on any atom is 0.165 e. The summed E-state index contributed by atoms with van der Waals surface area (Å²) in [5.74, 6) is -0.125. The lowest BCUT2D eigenvalue weighted by atomic mass is 10.0. The molecule has 0 fully saturated rings. The average molecular weight is 212 g/mol. The summed E-state index contributed by atoms with van der Waals surface area (Å²) in [6.45, 7) is 1.84. The Morgan fingerprint density at radius 2 is 2.07 bits per heavy atom. The molecule has 2 atom stereocenters. The summed E-state index contributed by atoms with van der Waals surface area (Å²) in [5.41, 5.74) is 12.3. The first-order valence-electron chi connectivity index (χ1n) is 4.88. The van der Waals surface area contributed by atoms with E-state index in [9.17, 15) is 4.39 Å². The molecule has 4 heteroatoms. The molecule has 3 nitrogen and oxygen atoms in total. The minimum absolute atomic E-state index is 0.102. The topological polar surface area (TPSA) is 61.3 Å². The highest BCUT2D eigenvalue weighted by Crippen LogP contribution is 2.18. The maximum absolute atomic E-state index is 13.3. The normalized spacial score (nSPS) is 14.7. The minimum Gasteiger partial charge on any atom is -0.494 e. The Morgan fingerprint density at radius 1 is 1.40 bits per heavy atom. The van der Waals surface area contributed by atoms with E-state index in [2.05, 4.69) is 0 Å². The Bertz CT molecular complexity index is 328. The lowest BCUT2D eigenvalue weighted by Gasteiger charge is -2.15. The molecule has 0 bridgehead atoms. The number of hydrogen-bond donors (Lipinski definition) is 2. The van der Waals surface area contributed by atoms with E-state index in [1.807, 2.05) is 6.92 Å². The lowest BCUT2D eigenvalue weighted by Crippen LogP contribution is -2.40. The second-order valence-electron chi connectivity index (χ2n) is 3.70. The van der Waals surface area contributed by atoms with E-state index in [-0.39, 0.29) is 23.7 Å². The van der Waals surface area contributed by atoms with Crippen LogP contribution in [0.2, 0.25) is 0 Å². The largest absolute Gasteiger partial charge is 0.494 e. The number of benzene rings is 1. The van der Waals surface area contributed by atoms with E-state index in [1.54, 1.807) is 12.1 Å². The quantitative estimate of drug-likeness (QED) is 0.784. The zero-order valence-corrected chi connectivity index (χ0v) is 9.03. The van der Waals surface area contributed by atoms with Crippen molar-refractivity contribution in [3.63, 3.8) is 0 Å². The van der Waals surface area contributed by atoms with Gasteiger partial charge in [0, 0.05) is 12.1 Å². The highest BCUT2D eigenvalue weighted by molar-refractivity contribution is 5.29. The SMILES string of the molecule is COc1ccc(CC(N)C(C)N)cc1F. The van der Waals surface area contributed by atoms with Crippen LogP contribution in [0.4, 0.5) is 4.39 Å². The van der Waals surface area contributed by atoms with Gasteiger partial charge in [-0.1, -0.05) is 6.07 Å². The second-order valence-corrected chi connectivity index (χ2v) is 3.70. The van der Waals surface area contributed by atoms with E-state index in [0.29, 0.717) is 6.42 Å². The van der Waals surface area contributed by atoms with Crippen LogP contribution in [0.25, 0.3) is 0 Å². The number of rotatable bonds is 4. The zero-order valence-electron chi connectivity index (χ0n) is 9.03. The molecule has 84 valence electrons. The molecule has 0 amide bonds. The van der Waals surface area contributed by atoms with Crippen LogP contribution in [-0.4, -0.2) is 19.2 Å². The lowest BCUT2D eigenvalue weighted by molar-refractivity contribution is 0.386. The van der Waals surface area contributed by atoms with Crippen molar-refractivity contribution >= 4 is 0 Å². The predicted octanol–water partition coefficient (Wildman–Crippen LogP) is 1.05. The van der Waals surface area contributed by atoms with Gasteiger partial charge in [-0.2, -0.15) is 0 Å². The van der Waals surface area contributed by atoms with Gasteiger partial charge in [0.05, 0.1) is 7.11 Å². The third-order valence-corrected chi connectivity index (χ3v) is 2.36. The molecule has 2 unspecified atom stereocenters. The first-order valence-corrected chi connectivity index (χ1v) is 4.88. The molecule has 1 aromatic carbocycles. The smallest absolute Gasteiger partial charge is 0.165 e. The molecule has 0 radical (unpaired) electrons. The van der Waals surface area contributed by atoms with Crippen LogP contribution in [0, 0.1) is 5.82 Å². The number of ether oxygens (including phenoxy) is 1. The van der Waals surface area contributed by atoms with Crippen molar-refractivity contribution in [1.82, 2.24) is 0 Å². The monoisotopic (exact) mass is 212 g/mol. The fourth-order valence-corrected chi connectivity index (χ4v) is 1.29. The Morgan fingerprint density at radius 3 is 2.53 bits per heavy atom. The summed E-state index contributed by atoms with van der Waals surface area (Å²) in [7, 11) is 1.44. The number of nitrogens with two attached hydrogens (primary N) is 2. The van der Waals surface area contributed by atoms with Crippen LogP contribution in [0.5, 0.6) is 5.75 Å². The standard InChI is InChI=1S/C11H17FN2O/c1-7(13)10(14)6-8-3-4-11(15-2)9(12)5-8/h3-5,7,10H,6,13-14H2,1-2H3. The van der Waals surface area contributed by atoms with Gasteiger partial charge in [-0.25, -0.2) is 4.39 Å². The van der Waals surface area contributed by atoms with Crippen molar-refractivity contribution in [1.29, 1.82) is 0 Å². The van der Waals surface area contributed by atoms with Crippen molar-refractivity contribution < 1.29 is 9.13 Å². The van der Waals surface area contributed by atoms with E-state index in [4.69, 9.17) is 16.2 Å². The third kappa shape index (κ3) is 3.18. The average Bonchev–Trinajstić information content (AvgIpc) is 2.18. The minimum atomic E-state index is -0.369. The Kier molecular flexibility index (Phi) is 4.05. The number of methoxy groups -OCH3 is 1. The summed E-state index contributed by atoms with van der Waals surface area (Å²) in [6.07, 6.45) is 0.568. The van der Waals surface area contributed by atoms with Gasteiger partial charge >= 0.3 is 0 Å². The zero-order chi connectivity index (χ0) is 11.4. The fourth-order valence-electron chi connectivity index (χ4n) is 1.29. The molecular weight excluding hydrogens is 195 g/mol. The highest BCUT2D eigenvalue weighted by atomic mass is 19.1. The van der Waals surface area contributed by atoms with Crippen molar-refractivity contribution in [2.45, 2.75) is 25.4 Å². The summed E-state index contributed by atoms with van der Waals surface area (Å²) in [5, 5.41) is 0.